The summed E-state index contributed by atoms with van der Waals surface area (Å²) in [6.45, 7) is 6.26. The number of benzene rings is 1. The maximum absolute atomic E-state index is 10.3. The van der Waals surface area contributed by atoms with E-state index in [-0.39, 0.29) is 5.92 Å². The first-order valence-corrected chi connectivity index (χ1v) is 7.06. The third-order valence-electron chi connectivity index (χ3n) is 3.45. The molecule has 0 spiro atoms. The number of hydrogen-bond donors (Lipinski definition) is 2. The molecule has 19 heavy (non-hydrogen) atoms. The van der Waals surface area contributed by atoms with Gasteiger partial charge in [-0.2, -0.15) is 0 Å². The lowest BCUT2D eigenvalue weighted by Gasteiger charge is -2.28. The van der Waals surface area contributed by atoms with Gasteiger partial charge in [0.15, 0.2) is 0 Å². The molecule has 1 unspecified atom stereocenters. The molecular weight excluding hydrogens is 306 g/mol. The number of rotatable bonds is 4. The van der Waals surface area contributed by atoms with Crippen molar-refractivity contribution in [2.24, 2.45) is 5.92 Å². The fourth-order valence-corrected chi connectivity index (χ4v) is 2.00. The van der Waals surface area contributed by atoms with Gasteiger partial charge in [-0.25, -0.2) is 9.97 Å². The number of aromatic nitrogens is 2. The zero-order valence-electron chi connectivity index (χ0n) is 11.3. The van der Waals surface area contributed by atoms with E-state index >= 15 is 0 Å². The highest BCUT2D eigenvalue weighted by Gasteiger charge is 2.24. The van der Waals surface area contributed by atoms with Crippen molar-refractivity contribution in [1.29, 1.82) is 0 Å². The summed E-state index contributed by atoms with van der Waals surface area (Å²) in [6.07, 6.45) is 1.53. The van der Waals surface area contributed by atoms with Gasteiger partial charge in [0.05, 0.1) is 11.1 Å². The quantitative estimate of drug-likeness (QED) is 0.907. The molecule has 0 aliphatic heterocycles. The van der Waals surface area contributed by atoms with Crippen molar-refractivity contribution < 1.29 is 5.11 Å². The molecule has 1 aromatic heterocycles. The molecule has 0 radical (unpaired) electrons. The van der Waals surface area contributed by atoms with Crippen LogP contribution in [-0.4, -0.2) is 27.2 Å². The first-order chi connectivity index (χ1) is 8.90. The Hall–Kier alpha value is -1.20. The molecule has 2 aromatic rings. The second kappa shape index (κ2) is 5.43. The summed E-state index contributed by atoms with van der Waals surface area (Å²) in [7, 11) is 0. The summed E-state index contributed by atoms with van der Waals surface area (Å²) < 4.78 is 0.980. The maximum Gasteiger partial charge on any atom is 0.137 e. The lowest BCUT2D eigenvalue weighted by Crippen LogP contribution is -2.38. The third-order valence-corrected chi connectivity index (χ3v) is 3.95. The summed E-state index contributed by atoms with van der Waals surface area (Å²) >= 11 is 3.45. The molecule has 0 saturated carbocycles. The second-order valence-electron chi connectivity index (χ2n) is 5.25. The summed E-state index contributed by atoms with van der Waals surface area (Å²) in [5, 5.41) is 14.4. The molecule has 2 rings (SSSR count). The summed E-state index contributed by atoms with van der Waals surface area (Å²) in [5.74, 6) is 0.909. The standard InChI is InChI=1S/C14H18BrN3O/c1-9(2)14(3,19)7-16-13-11-6-10(15)4-5-12(11)17-8-18-13/h4-6,8-9,19H,7H2,1-3H3,(H,16,17,18). The van der Waals surface area contributed by atoms with Gasteiger partial charge >= 0.3 is 0 Å². The smallest absolute Gasteiger partial charge is 0.137 e. The van der Waals surface area contributed by atoms with Gasteiger partial charge in [-0.15, -0.1) is 0 Å². The van der Waals surface area contributed by atoms with E-state index in [1.54, 1.807) is 0 Å². The molecule has 1 atom stereocenters. The Labute approximate surface area is 121 Å². The second-order valence-corrected chi connectivity index (χ2v) is 6.16. The Balaban J connectivity index is 2.28. The highest BCUT2D eigenvalue weighted by Crippen LogP contribution is 2.24. The molecule has 0 saturated heterocycles. The van der Waals surface area contributed by atoms with Crippen LogP contribution >= 0.6 is 15.9 Å². The zero-order valence-corrected chi connectivity index (χ0v) is 12.9. The Morgan fingerprint density at radius 2 is 2.11 bits per heavy atom. The molecule has 0 amide bonds. The Morgan fingerprint density at radius 1 is 1.37 bits per heavy atom. The SMILES string of the molecule is CC(C)C(C)(O)CNc1ncnc2ccc(Br)cc12. The minimum Gasteiger partial charge on any atom is -0.388 e. The van der Waals surface area contributed by atoms with E-state index in [1.165, 1.54) is 6.33 Å². The van der Waals surface area contributed by atoms with Crippen molar-refractivity contribution in [2.75, 3.05) is 11.9 Å². The van der Waals surface area contributed by atoms with E-state index in [0.29, 0.717) is 6.54 Å². The highest BCUT2D eigenvalue weighted by molar-refractivity contribution is 9.10. The van der Waals surface area contributed by atoms with Crippen LogP contribution in [0.3, 0.4) is 0 Å². The van der Waals surface area contributed by atoms with Gasteiger partial charge in [0.25, 0.3) is 0 Å². The van der Waals surface area contributed by atoms with E-state index in [1.807, 2.05) is 39.0 Å². The highest BCUT2D eigenvalue weighted by atomic mass is 79.9. The van der Waals surface area contributed by atoms with Crippen molar-refractivity contribution in [3.63, 3.8) is 0 Å². The number of aliphatic hydroxyl groups is 1. The minimum absolute atomic E-state index is 0.167. The van der Waals surface area contributed by atoms with Crippen LogP contribution in [0.15, 0.2) is 29.0 Å². The Morgan fingerprint density at radius 3 is 2.79 bits per heavy atom. The summed E-state index contributed by atoms with van der Waals surface area (Å²) in [6, 6.07) is 5.86. The largest absolute Gasteiger partial charge is 0.388 e. The fourth-order valence-electron chi connectivity index (χ4n) is 1.64. The molecular formula is C14H18BrN3O. The Kier molecular flexibility index (Phi) is 4.06. The van der Waals surface area contributed by atoms with Crippen molar-refractivity contribution in [3.8, 4) is 0 Å². The topological polar surface area (TPSA) is 58.0 Å². The molecule has 1 aromatic carbocycles. The van der Waals surface area contributed by atoms with Crippen LogP contribution in [0.25, 0.3) is 10.9 Å². The molecule has 0 aliphatic carbocycles. The average molecular weight is 324 g/mol. The van der Waals surface area contributed by atoms with Gasteiger partial charge in [0.2, 0.25) is 0 Å². The van der Waals surface area contributed by atoms with Crippen molar-refractivity contribution in [2.45, 2.75) is 26.4 Å². The van der Waals surface area contributed by atoms with E-state index in [2.05, 4.69) is 31.2 Å². The monoisotopic (exact) mass is 323 g/mol. The van der Waals surface area contributed by atoms with Crippen LogP contribution in [-0.2, 0) is 0 Å². The summed E-state index contributed by atoms with van der Waals surface area (Å²) in [4.78, 5) is 8.48. The number of fused-ring (bicyclic) bond motifs is 1. The first-order valence-electron chi connectivity index (χ1n) is 6.26. The molecule has 0 bridgehead atoms. The molecule has 2 N–H and O–H groups in total. The van der Waals surface area contributed by atoms with Crippen molar-refractivity contribution >= 4 is 32.7 Å². The van der Waals surface area contributed by atoms with Gasteiger partial charge in [-0.1, -0.05) is 29.8 Å². The number of anilines is 1. The predicted octanol–water partition coefficient (Wildman–Crippen LogP) is 3.21. The van der Waals surface area contributed by atoms with Crippen LogP contribution < -0.4 is 5.32 Å². The van der Waals surface area contributed by atoms with Crippen molar-refractivity contribution in [3.05, 3.63) is 29.0 Å². The number of nitrogens with zero attached hydrogens (tertiary/aromatic N) is 2. The molecule has 0 aliphatic rings. The van der Waals surface area contributed by atoms with Crippen LogP contribution in [0, 0.1) is 5.92 Å². The first kappa shape index (κ1) is 14.2. The predicted molar refractivity (Wildman–Crippen MR) is 81.2 cm³/mol. The van der Waals surface area contributed by atoms with Gasteiger partial charge in [0.1, 0.15) is 12.1 Å². The number of nitrogens with one attached hydrogen (secondary N) is 1. The number of halogens is 1. The zero-order chi connectivity index (χ0) is 14.0. The molecule has 1 heterocycles. The van der Waals surface area contributed by atoms with Crippen molar-refractivity contribution in [1.82, 2.24) is 9.97 Å². The molecule has 5 heteroatoms. The molecule has 102 valence electrons. The lowest BCUT2D eigenvalue weighted by molar-refractivity contribution is 0.0266. The van der Waals surface area contributed by atoms with E-state index < -0.39 is 5.60 Å². The molecule has 4 nitrogen and oxygen atoms in total. The Bertz CT molecular complexity index is 584. The third kappa shape index (κ3) is 3.22. The number of hydrogen-bond acceptors (Lipinski definition) is 4. The normalized spacial score (nSPS) is 14.6. The van der Waals surface area contributed by atoms with Gasteiger partial charge < -0.3 is 10.4 Å². The minimum atomic E-state index is -0.775. The van der Waals surface area contributed by atoms with Crippen LogP contribution in [0.4, 0.5) is 5.82 Å². The van der Waals surface area contributed by atoms with Gasteiger partial charge in [-0.3, -0.25) is 0 Å². The van der Waals surface area contributed by atoms with E-state index in [0.717, 1.165) is 21.2 Å². The van der Waals surface area contributed by atoms with Crippen LogP contribution in [0.2, 0.25) is 0 Å². The van der Waals surface area contributed by atoms with Gasteiger partial charge in [-0.05, 0) is 31.0 Å². The fraction of sp³-hybridized carbons (Fsp3) is 0.429. The van der Waals surface area contributed by atoms with Gasteiger partial charge in [0, 0.05) is 16.4 Å². The maximum atomic E-state index is 10.3. The van der Waals surface area contributed by atoms with Crippen LogP contribution in [0.1, 0.15) is 20.8 Å². The lowest BCUT2D eigenvalue weighted by atomic mass is 9.92. The van der Waals surface area contributed by atoms with E-state index in [4.69, 9.17) is 0 Å². The van der Waals surface area contributed by atoms with E-state index in [9.17, 15) is 5.11 Å². The van der Waals surface area contributed by atoms with Crippen LogP contribution in [0.5, 0.6) is 0 Å². The average Bonchev–Trinajstić information content (AvgIpc) is 2.36. The summed E-state index contributed by atoms with van der Waals surface area (Å²) in [5.41, 5.74) is 0.105. The molecule has 0 fully saturated rings.